The van der Waals surface area contributed by atoms with Gasteiger partial charge in [-0.05, 0) is 22.0 Å². The number of rotatable bonds is 1. The highest BCUT2D eigenvalue weighted by atomic mass is 16.3. The van der Waals surface area contributed by atoms with Crippen molar-refractivity contribution in [2.45, 2.75) is 53.1 Å². The molecule has 0 spiro atoms. The summed E-state index contributed by atoms with van der Waals surface area (Å²) in [6.07, 6.45) is -0.408. The van der Waals surface area contributed by atoms with Gasteiger partial charge in [-0.15, -0.1) is 0 Å². The second-order valence-electron chi connectivity index (χ2n) is 6.64. The summed E-state index contributed by atoms with van der Waals surface area (Å²) in [6, 6.07) is 8.28. The molecule has 90 valence electrons. The van der Waals surface area contributed by atoms with Gasteiger partial charge >= 0.3 is 0 Å². The first-order chi connectivity index (χ1) is 7.12. The first-order valence-corrected chi connectivity index (χ1v) is 5.91. The summed E-state index contributed by atoms with van der Waals surface area (Å²) in [5.41, 5.74) is 2.30. The van der Waals surface area contributed by atoms with Crippen LogP contribution in [0.1, 0.15) is 58.8 Å². The van der Waals surface area contributed by atoms with Gasteiger partial charge in [0.05, 0.1) is 6.10 Å². The summed E-state index contributed by atoms with van der Waals surface area (Å²) in [4.78, 5) is 0. The molecule has 0 aliphatic carbocycles. The lowest BCUT2D eigenvalue weighted by Gasteiger charge is -2.28. The molecule has 0 amide bonds. The van der Waals surface area contributed by atoms with Crippen LogP contribution in [0, 0.1) is 5.41 Å². The maximum absolute atomic E-state index is 10.2. The minimum Gasteiger partial charge on any atom is -0.388 e. The van der Waals surface area contributed by atoms with Gasteiger partial charge in [-0.3, -0.25) is 0 Å². The van der Waals surface area contributed by atoms with Crippen LogP contribution in [0.3, 0.4) is 0 Å². The van der Waals surface area contributed by atoms with Gasteiger partial charge in [-0.1, -0.05) is 65.8 Å². The fraction of sp³-hybridized carbons (Fsp3) is 0.600. The molecule has 1 aromatic carbocycles. The Bertz CT molecular complexity index is 352. The van der Waals surface area contributed by atoms with Gasteiger partial charge in [0.25, 0.3) is 0 Å². The zero-order valence-corrected chi connectivity index (χ0v) is 11.3. The number of benzene rings is 1. The Kier molecular flexibility index (Phi) is 3.49. The smallest absolute Gasteiger partial charge is 0.0838 e. The second-order valence-corrected chi connectivity index (χ2v) is 6.64. The van der Waals surface area contributed by atoms with Gasteiger partial charge in [0.2, 0.25) is 0 Å². The fourth-order valence-corrected chi connectivity index (χ4v) is 1.68. The number of aliphatic hydroxyl groups is 1. The van der Waals surface area contributed by atoms with Gasteiger partial charge in [-0.25, -0.2) is 0 Å². The zero-order valence-electron chi connectivity index (χ0n) is 11.3. The average molecular weight is 220 g/mol. The molecule has 1 atom stereocenters. The van der Waals surface area contributed by atoms with Crippen molar-refractivity contribution in [1.82, 2.24) is 0 Å². The molecule has 0 aliphatic heterocycles. The third kappa shape index (κ3) is 3.08. The van der Waals surface area contributed by atoms with E-state index in [1.807, 2.05) is 12.1 Å². The Morgan fingerprint density at radius 1 is 1.00 bits per heavy atom. The zero-order chi connectivity index (χ0) is 12.6. The molecule has 1 heteroatoms. The predicted molar refractivity (Wildman–Crippen MR) is 69.6 cm³/mol. The molecule has 0 saturated heterocycles. The molecular weight excluding hydrogens is 196 g/mol. The van der Waals surface area contributed by atoms with Gasteiger partial charge in [0.1, 0.15) is 0 Å². The quantitative estimate of drug-likeness (QED) is 0.756. The van der Waals surface area contributed by atoms with Crippen LogP contribution in [0.4, 0.5) is 0 Å². The maximum atomic E-state index is 10.2. The van der Waals surface area contributed by atoms with E-state index in [1.54, 1.807) is 0 Å². The molecule has 0 aliphatic rings. The number of hydrogen-bond donors (Lipinski definition) is 1. The van der Waals surface area contributed by atoms with Crippen LogP contribution in [0.25, 0.3) is 0 Å². The maximum Gasteiger partial charge on any atom is 0.0838 e. The topological polar surface area (TPSA) is 20.2 Å². The van der Waals surface area contributed by atoms with Crippen molar-refractivity contribution in [3.63, 3.8) is 0 Å². The molecule has 0 saturated carbocycles. The Balaban J connectivity index is 3.09. The molecule has 0 bridgehead atoms. The molecule has 0 fully saturated rings. The van der Waals surface area contributed by atoms with Crippen LogP contribution in [-0.2, 0) is 5.41 Å². The lowest BCUT2D eigenvalue weighted by Crippen LogP contribution is -2.19. The highest BCUT2D eigenvalue weighted by Gasteiger charge is 2.24. The van der Waals surface area contributed by atoms with E-state index >= 15 is 0 Å². The van der Waals surface area contributed by atoms with Crippen LogP contribution in [-0.4, -0.2) is 5.11 Å². The SMILES string of the molecule is CC(C)(C)c1cccc(C(O)C(C)(C)C)c1. The van der Waals surface area contributed by atoms with Crippen LogP contribution >= 0.6 is 0 Å². The molecule has 1 nitrogen and oxygen atoms in total. The second kappa shape index (κ2) is 4.21. The van der Waals surface area contributed by atoms with E-state index in [-0.39, 0.29) is 10.8 Å². The number of hydrogen-bond acceptors (Lipinski definition) is 1. The van der Waals surface area contributed by atoms with Crippen molar-refractivity contribution >= 4 is 0 Å². The van der Waals surface area contributed by atoms with E-state index in [1.165, 1.54) is 5.56 Å². The number of aliphatic hydroxyl groups excluding tert-OH is 1. The van der Waals surface area contributed by atoms with E-state index < -0.39 is 6.10 Å². The van der Waals surface area contributed by atoms with Gasteiger partial charge in [0.15, 0.2) is 0 Å². The van der Waals surface area contributed by atoms with Crippen molar-refractivity contribution in [2.75, 3.05) is 0 Å². The standard InChI is InChI=1S/C15H24O/c1-14(2,3)12-9-7-8-11(10-12)13(16)15(4,5)6/h7-10,13,16H,1-6H3. The van der Waals surface area contributed by atoms with Gasteiger partial charge in [-0.2, -0.15) is 0 Å². The van der Waals surface area contributed by atoms with Crippen LogP contribution in [0.15, 0.2) is 24.3 Å². The fourth-order valence-electron chi connectivity index (χ4n) is 1.68. The highest BCUT2D eigenvalue weighted by molar-refractivity contribution is 5.30. The Hall–Kier alpha value is -0.820. The van der Waals surface area contributed by atoms with E-state index in [2.05, 4.69) is 53.7 Å². The van der Waals surface area contributed by atoms with E-state index in [0.29, 0.717) is 0 Å². The first kappa shape index (κ1) is 13.2. The van der Waals surface area contributed by atoms with Crippen LogP contribution < -0.4 is 0 Å². The van der Waals surface area contributed by atoms with E-state index in [4.69, 9.17) is 0 Å². The summed E-state index contributed by atoms with van der Waals surface area (Å²) in [5.74, 6) is 0. The largest absolute Gasteiger partial charge is 0.388 e. The van der Waals surface area contributed by atoms with Crippen LogP contribution in [0.2, 0.25) is 0 Å². The lowest BCUT2D eigenvalue weighted by molar-refractivity contribution is 0.0625. The third-order valence-electron chi connectivity index (χ3n) is 2.89. The van der Waals surface area contributed by atoms with E-state index in [0.717, 1.165) is 5.56 Å². The van der Waals surface area contributed by atoms with Gasteiger partial charge < -0.3 is 5.11 Å². The third-order valence-corrected chi connectivity index (χ3v) is 2.89. The summed E-state index contributed by atoms with van der Waals surface area (Å²) in [7, 11) is 0. The monoisotopic (exact) mass is 220 g/mol. The molecule has 16 heavy (non-hydrogen) atoms. The normalized spacial score (nSPS) is 14.9. The summed E-state index contributed by atoms with van der Waals surface area (Å²) >= 11 is 0. The van der Waals surface area contributed by atoms with Crippen molar-refractivity contribution in [3.8, 4) is 0 Å². The predicted octanol–water partition coefficient (Wildman–Crippen LogP) is 4.06. The molecule has 0 heterocycles. The van der Waals surface area contributed by atoms with Crippen molar-refractivity contribution in [1.29, 1.82) is 0 Å². The Morgan fingerprint density at radius 3 is 2.00 bits per heavy atom. The summed E-state index contributed by atoms with van der Waals surface area (Å²) < 4.78 is 0. The van der Waals surface area contributed by atoms with Crippen molar-refractivity contribution in [2.24, 2.45) is 5.41 Å². The molecule has 0 aromatic heterocycles. The van der Waals surface area contributed by atoms with E-state index in [9.17, 15) is 5.11 Å². The Labute approximate surface area is 99.5 Å². The molecule has 1 aromatic rings. The molecule has 1 unspecified atom stereocenters. The highest BCUT2D eigenvalue weighted by Crippen LogP contribution is 2.34. The van der Waals surface area contributed by atoms with Crippen molar-refractivity contribution in [3.05, 3.63) is 35.4 Å². The molecule has 0 radical (unpaired) electrons. The lowest BCUT2D eigenvalue weighted by atomic mass is 9.81. The average Bonchev–Trinajstić information content (AvgIpc) is 2.14. The van der Waals surface area contributed by atoms with Gasteiger partial charge in [0, 0.05) is 0 Å². The van der Waals surface area contributed by atoms with Crippen LogP contribution in [0.5, 0.6) is 0 Å². The summed E-state index contributed by atoms with van der Waals surface area (Å²) in [5, 5.41) is 10.2. The molecular formula is C15H24O. The molecule has 1 N–H and O–H groups in total. The Morgan fingerprint density at radius 2 is 1.56 bits per heavy atom. The van der Waals surface area contributed by atoms with Crippen molar-refractivity contribution < 1.29 is 5.11 Å². The molecule has 1 rings (SSSR count). The summed E-state index contributed by atoms with van der Waals surface area (Å²) in [6.45, 7) is 12.7. The minimum atomic E-state index is -0.408. The first-order valence-electron chi connectivity index (χ1n) is 5.91. The minimum absolute atomic E-state index is 0.115.